The first-order valence-electron chi connectivity index (χ1n) is 9.37. The highest BCUT2D eigenvalue weighted by Gasteiger charge is 2.39. The van der Waals surface area contributed by atoms with Gasteiger partial charge in [0.1, 0.15) is 0 Å². The van der Waals surface area contributed by atoms with E-state index in [0.29, 0.717) is 6.04 Å². The minimum absolute atomic E-state index is 0.0803. The summed E-state index contributed by atoms with van der Waals surface area (Å²) in [6.45, 7) is 0.230. The minimum atomic E-state index is -0.140. The number of benzene rings is 1. The topological polar surface area (TPSA) is 57.7 Å². The summed E-state index contributed by atoms with van der Waals surface area (Å²) in [5.41, 5.74) is 2.63. The third-order valence-electron chi connectivity index (χ3n) is 5.61. The molecule has 2 fully saturated rings. The fourth-order valence-corrected chi connectivity index (χ4v) is 4.21. The molecular formula is C20H24N2O3. The second-order valence-corrected chi connectivity index (χ2v) is 7.33. The van der Waals surface area contributed by atoms with Gasteiger partial charge in [0.25, 0.3) is 0 Å². The smallest absolute Gasteiger partial charge is 0.229 e. The lowest BCUT2D eigenvalue weighted by Crippen LogP contribution is -2.40. The third kappa shape index (κ3) is 3.20. The van der Waals surface area contributed by atoms with Crippen molar-refractivity contribution in [1.82, 2.24) is 9.80 Å². The van der Waals surface area contributed by atoms with Crippen molar-refractivity contribution >= 4 is 17.7 Å². The molecule has 132 valence electrons. The number of fused-ring (bicyclic) bond motifs is 1. The van der Waals surface area contributed by atoms with Crippen LogP contribution in [0.2, 0.25) is 0 Å². The molecule has 1 saturated heterocycles. The lowest BCUT2D eigenvalue weighted by molar-refractivity contribution is -0.140. The Labute approximate surface area is 148 Å². The van der Waals surface area contributed by atoms with Crippen molar-refractivity contribution < 1.29 is 14.4 Å². The van der Waals surface area contributed by atoms with Crippen LogP contribution in [0.25, 0.3) is 0 Å². The number of aryl methyl sites for hydroxylation is 1. The molecule has 0 radical (unpaired) electrons. The lowest BCUT2D eigenvalue weighted by Gasteiger charge is -2.36. The first-order chi connectivity index (χ1) is 12.1. The standard InChI is InChI=1S/C20H24N2O3/c23-18-10-11-19(24)21(18)13-12-20(25)22(15-8-9-15)17-7-3-5-14-4-1-2-6-16(14)17/h1-2,4,6,15,17H,3,5,7-13H2. The SMILES string of the molecule is O=C1CCC(=O)N1CCC(=O)N(C1CC1)C1CCCc2ccccc21. The first kappa shape index (κ1) is 16.3. The van der Waals surface area contributed by atoms with Crippen LogP contribution in [-0.4, -0.2) is 40.1 Å². The van der Waals surface area contributed by atoms with E-state index in [1.54, 1.807) is 0 Å². The number of amides is 3. The Hall–Kier alpha value is -2.17. The molecule has 1 aromatic rings. The van der Waals surface area contributed by atoms with Crippen LogP contribution in [0.5, 0.6) is 0 Å². The van der Waals surface area contributed by atoms with Crippen molar-refractivity contribution in [2.45, 2.75) is 63.5 Å². The second-order valence-electron chi connectivity index (χ2n) is 7.33. The number of rotatable bonds is 5. The average Bonchev–Trinajstić information content (AvgIpc) is 3.40. The van der Waals surface area contributed by atoms with Gasteiger partial charge in [0.05, 0.1) is 6.04 Å². The molecule has 1 heterocycles. The van der Waals surface area contributed by atoms with Crippen LogP contribution in [0.15, 0.2) is 24.3 Å². The van der Waals surface area contributed by atoms with Crippen LogP contribution in [0.3, 0.4) is 0 Å². The number of carbonyl (C=O) groups excluding carboxylic acids is 3. The van der Waals surface area contributed by atoms with Gasteiger partial charge in [-0.3, -0.25) is 19.3 Å². The van der Waals surface area contributed by atoms with E-state index < -0.39 is 0 Å². The number of hydrogen-bond donors (Lipinski definition) is 0. The van der Waals surface area contributed by atoms with E-state index in [4.69, 9.17) is 0 Å². The number of carbonyl (C=O) groups is 3. The van der Waals surface area contributed by atoms with E-state index >= 15 is 0 Å². The van der Waals surface area contributed by atoms with Gasteiger partial charge in [-0.1, -0.05) is 24.3 Å². The quantitative estimate of drug-likeness (QED) is 0.774. The molecule has 1 unspecified atom stereocenters. The number of hydrogen-bond acceptors (Lipinski definition) is 3. The fraction of sp³-hybridized carbons (Fsp3) is 0.550. The summed E-state index contributed by atoms with van der Waals surface area (Å²) in [6.07, 6.45) is 6.12. The molecule has 1 saturated carbocycles. The summed E-state index contributed by atoms with van der Waals surface area (Å²) in [5, 5.41) is 0. The molecule has 0 bridgehead atoms. The van der Waals surface area contributed by atoms with E-state index in [-0.39, 0.29) is 49.6 Å². The highest BCUT2D eigenvalue weighted by molar-refractivity contribution is 6.02. The molecule has 5 nitrogen and oxygen atoms in total. The summed E-state index contributed by atoms with van der Waals surface area (Å²) in [6, 6.07) is 8.90. The monoisotopic (exact) mass is 340 g/mol. The van der Waals surface area contributed by atoms with Crippen LogP contribution in [0, 0.1) is 0 Å². The largest absolute Gasteiger partial charge is 0.333 e. The van der Waals surface area contributed by atoms with Crippen molar-refractivity contribution in [2.24, 2.45) is 0 Å². The summed E-state index contributed by atoms with van der Waals surface area (Å²) in [7, 11) is 0. The van der Waals surface area contributed by atoms with Crippen LogP contribution in [-0.2, 0) is 20.8 Å². The molecule has 0 N–H and O–H groups in total. The highest BCUT2D eigenvalue weighted by Crippen LogP contribution is 2.41. The van der Waals surface area contributed by atoms with Crippen molar-refractivity contribution in [2.75, 3.05) is 6.54 Å². The van der Waals surface area contributed by atoms with Gasteiger partial charge in [-0.15, -0.1) is 0 Å². The summed E-state index contributed by atoms with van der Waals surface area (Å²) in [4.78, 5) is 39.8. The van der Waals surface area contributed by atoms with Crippen LogP contribution in [0.4, 0.5) is 0 Å². The normalized spacial score (nSPS) is 22.9. The Kier molecular flexibility index (Phi) is 4.32. The zero-order chi connectivity index (χ0) is 17.4. The van der Waals surface area contributed by atoms with Gasteiger partial charge in [-0.2, -0.15) is 0 Å². The van der Waals surface area contributed by atoms with Crippen molar-refractivity contribution in [1.29, 1.82) is 0 Å². The molecular weight excluding hydrogens is 316 g/mol. The summed E-state index contributed by atoms with van der Waals surface area (Å²) in [5.74, 6) is -0.200. The molecule has 1 aliphatic heterocycles. The maximum Gasteiger partial charge on any atom is 0.229 e. The Morgan fingerprint density at radius 2 is 1.76 bits per heavy atom. The maximum absolute atomic E-state index is 13.0. The molecule has 1 aromatic carbocycles. The molecule has 3 aliphatic rings. The van der Waals surface area contributed by atoms with Gasteiger partial charge in [0.15, 0.2) is 0 Å². The van der Waals surface area contributed by atoms with Gasteiger partial charge in [0.2, 0.25) is 17.7 Å². The maximum atomic E-state index is 13.0. The van der Waals surface area contributed by atoms with E-state index in [1.165, 1.54) is 16.0 Å². The molecule has 0 spiro atoms. The molecule has 4 rings (SSSR count). The second kappa shape index (κ2) is 6.62. The third-order valence-corrected chi connectivity index (χ3v) is 5.61. The average molecular weight is 340 g/mol. The Bertz CT molecular complexity index is 695. The highest BCUT2D eigenvalue weighted by atomic mass is 16.2. The van der Waals surface area contributed by atoms with Crippen LogP contribution >= 0.6 is 0 Å². The summed E-state index contributed by atoms with van der Waals surface area (Å²) < 4.78 is 0. The Morgan fingerprint density at radius 1 is 1.04 bits per heavy atom. The van der Waals surface area contributed by atoms with Crippen molar-refractivity contribution in [3.05, 3.63) is 35.4 Å². The number of nitrogens with zero attached hydrogens (tertiary/aromatic N) is 2. The molecule has 3 amide bonds. The van der Waals surface area contributed by atoms with Gasteiger partial charge in [-0.05, 0) is 43.2 Å². The molecule has 0 aromatic heterocycles. The van der Waals surface area contributed by atoms with E-state index in [2.05, 4.69) is 23.1 Å². The first-order valence-corrected chi connectivity index (χ1v) is 9.37. The molecule has 1 atom stereocenters. The van der Waals surface area contributed by atoms with Gasteiger partial charge in [-0.25, -0.2) is 0 Å². The van der Waals surface area contributed by atoms with E-state index in [9.17, 15) is 14.4 Å². The predicted octanol–water partition coefficient (Wildman–Crippen LogP) is 2.59. The number of likely N-dealkylation sites (tertiary alicyclic amines) is 1. The summed E-state index contributed by atoms with van der Waals surface area (Å²) >= 11 is 0. The van der Waals surface area contributed by atoms with E-state index in [0.717, 1.165) is 32.1 Å². The fourth-order valence-electron chi connectivity index (χ4n) is 4.21. The van der Waals surface area contributed by atoms with E-state index in [1.807, 2.05) is 6.07 Å². The zero-order valence-electron chi connectivity index (χ0n) is 14.4. The lowest BCUT2D eigenvalue weighted by atomic mass is 9.86. The van der Waals surface area contributed by atoms with Crippen molar-refractivity contribution in [3.8, 4) is 0 Å². The molecule has 25 heavy (non-hydrogen) atoms. The van der Waals surface area contributed by atoms with Gasteiger partial charge < -0.3 is 4.90 Å². The Balaban J connectivity index is 1.49. The zero-order valence-corrected chi connectivity index (χ0v) is 14.4. The van der Waals surface area contributed by atoms with Crippen LogP contribution in [0.1, 0.15) is 62.1 Å². The van der Waals surface area contributed by atoms with Crippen molar-refractivity contribution in [3.63, 3.8) is 0 Å². The number of imide groups is 1. The predicted molar refractivity (Wildman–Crippen MR) is 92.6 cm³/mol. The van der Waals surface area contributed by atoms with Gasteiger partial charge in [0, 0.05) is 31.8 Å². The Morgan fingerprint density at radius 3 is 2.48 bits per heavy atom. The minimum Gasteiger partial charge on any atom is -0.333 e. The molecule has 2 aliphatic carbocycles. The van der Waals surface area contributed by atoms with Gasteiger partial charge >= 0.3 is 0 Å². The molecule has 5 heteroatoms. The van der Waals surface area contributed by atoms with Crippen LogP contribution < -0.4 is 0 Å².